The molecule has 0 unspecified atom stereocenters. The molecule has 2 N–H and O–H groups in total. The fourth-order valence-electron chi connectivity index (χ4n) is 2.78. The van der Waals surface area contributed by atoms with Crippen LogP contribution in [0.15, 0.2) is 63.3 Å². The van der Waals surface area contributed by atoms with E-state index >= 15 is 0 Å². The number of carbonyl (C=O) groups excluding carboxylic acids is 3. The molecule has 1 saturated heterocycles. The van der Waals surface area contributed by atoms with Crippen LogP contribution in [0.4, 0.5) is 16.2 Å². The summed E-state index contributed by atoms with van der Waals surface area (Å²) in [6, 6.07) is 15.2. The predicted molar refractivity (Wildman–Crippen MR) is 141 cm³/mol. The van der Waals surface area contributed by atoms with Gasteiger partial charge in [-0.05, 0) is 44.4 Å². The molecule has 1 aliphatic rings. The van der Waals surface area contributed by atoms with E-state index in [1.807, 2.05) is 42.5 Å². The minimum absolute atomic E-state index is 0.140. The summed E-state index contributed by atoms with van der Waals surface area (Å²) in [6.45, 7) is 0.182. The highest BCUT2D eigenvalue weighted by Crippen LogP contribution is 2.37. The molecule has 0 radical (unpaired) electrons. The van der Waals surface area contributed by atoms with Gasteiger partial charge < -0.3 is 15.0 Å². The van der Waals surface area contributed by atoms with Crippen LogP contribution >= 0.6 is 23.5 Å². The molecular weight excluding hydrogens is 528 g/mol. The van der Waals surface area contributed by atoms with Gasteiger partial charge in [0, 0.05) is 9.79 Å². The van der Waals surface area contributed by atoms with Crippen LogP contribution in [-0.4, -0.2) is 80.7 Å². The third kappa shape index (κ3) is 9.99. The average Bonchev–Trinajstić information content (AvgIpc) is 3.12. The van der Waals surface area contributed by atoms with Gasteiger partial charge in [0.05, 0.1) is 37.0 Å². The molecule has 14 heteroatoms. The van der Waals surface area contributed by atoms with E-state index in [9.17, 15) is 22.8 Å². The number of rotatable bonds is 6. The van der Waals surface area contributed by atoms with Crippen molar-refractivity contribution in [3.05, 3.63) is 48.5 Å². The smallest absolute Gasteiger partial charge is 0.435 e. The highest BCUT2D eigenvalue weighted by Gasteiger charge is 2.32. The lowest BCUT2D eigenvalue weighted by molar-refractivity contribution is -0.117. The first-order chi connectivity index (χ1) is 16.9. The first kappa shape index (κ1) is 29.3. The lowest BCUT2D eigenvalue weighted by atomic mass is 10.2. The van der Waals surface area contributed by atoms with E-state index < -0.39 is 16.2 Å². The van der Waals surface area contributed by atoms with Gasteiger partial charge in [-0.2, -0.15) is 13.4 Å². The van der Waals surface area contributed by atoms with Crippen LogP contribution in [-0.2, 0) is 24.4 Å². The van der Waals surface area contributed by atoms with Crippen molar-refractivity contribution in [2.24, 2.45) is 4.99 Å². The molecule has 194 valence electrons. The summed E-state index contributed by atoms with van der Waals surface area (Å²) >= 11 is 2.68. The van der Waals surface area contributed by atoms with Crippen LogP contribution in [0.2, 0.25) is 0 Å². The summed E-state index contributed by atoms with van der Waals surface area (Å²) in [5.41, 5.74) is 0.906. The molecule has 0 aromatic heterocycles. The largest absolute Gasteiger partial charge is 0.451 e. The van der Waals surface area contributed by atoms with Gasteiger partial charge in [-0.15, -0.1) is 0 Å². The van der Waals surface area contributed by atoms with Crippen molar-refractivity contribution in [3.8, 4) is 0 Å². The molecule has 3 amide bonds. The molecule has 3 rings (SSSR count). The number of amides is 3. The Hall–Kier alpha value is -2.91. The molecule has 1 aliphatic heterocycles. The average molecular weight is 555 g/mol. The summed E-state index contributed by atoms with van der Waals surface area (Å²) in [5, 5.41) is 3.10. The molecule has 0 aliphatic carbocycles. The molecule has 1 fully saturated rings. The van der Waals surface area contributed by atoms with E-state index in [1.54, 1.807) is 25.1 Å². The van der Waals surface area contributed by atoms with Crippen LogP contribution in [0.25, 0.3) is 0 Å². The fraction of sp³-hybridized carbons (Fsp3) is 0.273. The molecular formula is C22H26N4O7S3. The Balaban J connectivity index is 0.000000830. The molecule has 36 heavy (non-hydrogen) atoms. The van der Waals surface area contributed by atoms with E-state index in [-0.39, 0.29) is 29.3 Å². The topological polar surface area (TPSA) is 146 Å². The summed E-state index contributed by atoms with van der Waals surface area (Å²) in [4.78, 5) is 45.6. The maximum absolute atomic E-state index is 12.6. The Kier molecular flexibility index (Phi) is 10.9. The Labute approximate surface area is 218 Å². The van der Waals surface area contributed by atoms with Gasteiger partial charge in [-0.3, -0.25) is 19.0 Å². The number of hydrogen-bond donors (Lipinski definition) is 2. The van der Waals surface area contributed by atoms with Gasteiger partial charge in [0.15, 0.2) is 5.17 Å². The lowest BCUT2D eigenvalue weighted by Crippen LogP contribution is -2.32. The van der Waals surface area contributed by atoms with Gasteiger partial charge in [-0.25, -0.2) is 4.79 Å². The third-order valence-corrected chi connectivity index (χ3v) is 5.97. The number of likely N-dealkylation sites (N-methyl/N-ethyl adjacent to an activating group) is 1. The highest BCUT2D eigenvalue weighted by molar-refractivity contribution is 8.15. The second-order valence-electron chi connectivity index (χ2n) is 7.50. The zero-order chi connectivity index (χ0) is 26.9. The number of benzene rings is 2. The van der Waals surface area contributed by atoms with Crippen LogP contribution in [0, 0.1) is 0 Å². The van der Waals surface area contributed by atoms with E-state index in [0.717, 1.165) is 21.6 Å². The summed E-state index contributed by atoms with van der Waals surface area (Å²) < 4.78 is 30.5. The Morgan fingerprint density at radius 1 is 1.19 bits per heavy atom. The Morgan fingerprint density at radius 3 is 2.42 bits per heavy atom. The van der Waals surface area contributed by atoms with Crippen LogP contribution in [0.5, 0.6) is 0 Å². The van der Waals surface area contributed by atoms with Crippen molar-refractivity contribution in [2.75, 3.05) is 50.0 Å². The van der Waals surface area contributed by atoms with E-state index in [4.69, 9.17) is 4.55 Å². The van der Waals surface area contributed by atoms with Gasteiger partial charge in [0.1, 0.15) is 0 Å². The number of carbonyl (C=O) groups is 3. The van der Waals surface area contributed by atoms with E-state index in [1.165, 1.54) is 23.8 Å². The van der Waals surface area contributed by atoms with E-state index in [2.05, 4.69) is 15.0 Å². The Morgan fingerprint density at radius 2 is 1.83 bits per heavy atom. The van der Waals surface area contributed by atoms with Crippen molar-refractivity contribution < 1.29 is 32.1 Å². The minimum Gasteiger partial charge on any atom is -0.451 e. The number of nitrogens with one attached hydrogen (secondary N) is 1. The molecule has 2 aromatic carbocycles. The number of amidine groups is 1. The molecule has 0 saturated carbocycles. The monoisotopic (exact) mass is 554 g/mol. The number of aliphatic imine (C=N–C) groups is 1. The number of thioether (sulfide) groups is 1. The third-order valence-electron chi connectivity index (χ3n) is 4.05. The first-order valence-corrected chi connectivity index (χ1v) is 13.9. The molecule has 1 heterocycles. The minimum atomic E-state index is -3.67. The fourth-order valence-corrected chi connectivity index (χ4v) is 4.51. The molecule has 0 spiro atoms. The summed E-state index contributed by atoms with van der Waals surface area (Å²) in [5.74, 6) is -0.320. The standard InChI is InChI=1S/C21H22N4O4S2.CH4O3S/c1-24(2)12-18(26)22-16-11-15(31-14-7-5-4-6-8-14)9-10-17(16)25-19(27)13-30-20(25)23-21(28)29-3;1-5(2,3)4/h4-11H,12-13H2,1-3H3,(H,22,26);1H3,(H,2,3,4)/b23-20+;. The molecule has 11 nitrogen and oxygen atoms in total. The van der Waals surface area contributed by atoms with Crippen LogP contribution < -0.4 is 10.2 Å². The van der Waals surface area contributed by atoms with Crippen molar-refractivity contribution in [2.45, 2.75) is 9.79 Å². The molecule has 0 bridgehead atoms. The van der Waals surface area contributed by atoms with Crippen molar-refractivity contribution in [1.82, 2.24) is 4.90 Å². The maximum Gasteiger partial charge on any atom is 0.435 e. The van der Waals surface area contributed by atoms with Crippen molar-refractivity contribution in [1.29, 1.82) is 0 Å². The highest BCUT2D eigenvalue weighted by atomic mass is 32.2. The number of nitrogens with zero attached hydrogens (tertiary/aromatic N) is 3. The number of methoxy groups -OCH3 is 1. The quantitative estimate of drug-likeness (QED) is 0.511. The maximum atomic E-state index is 12.6. The van der Waals surface area contributed by atoms with E-state index in [0.29, 0.717) is 17.6 Å². The first-order valence-electron chi connectivity index (χ1n) is 10.2. The Bertz CT molecular complexity index is 1230. The zero-order valence-corrected chi connectivity index (χ0v) is 22.4. The zero-order valence-electron chi connectivity index (χ0n) is 20.0. The summed E-state index contributed by atoms with van der Waals surface area (Å²) in [6.07, 6.45) is -0.0795. The molecule has 0 atom stereocenters. The van der Waals surface area contributed by atoms with Crippen LogP contribution in [0.1, 0.15) is 0 Å². The van der Waals surface area contributed by atoms with Crippen molar-refractivity contribution in [3.63, 3.8) is 0 Å². The molecule has 2 aromatic rings. The van der Waals surface area contributed by atoms with Crippen molar-refractivity contribution >= 4 is 68.1 Å². The number of hydrogen-bond acceptors (Lipinski definition) is 9. The van der Waals surface area contributed by atoms with Gasteiger partial charge in [0.2, 0.25) is 11.8 Å². The van der Waals surface area contributed by atoms with Crippen LogP contribution in [0.3, 0.4) is 0 Å². The SMILES string of the molecule is COC(=O)/N=C1/SCC(=O)N1c1ccc(Sc2ccccc2)cc1NC(=O)CN(C)C.CS(=O)(=O)O. The second kappa shape index (κ2) is 13.4. The number of ether oxygens (including phenoxy) is 1. The lowest BCUT2D eigenvalue weighted by Gasteiger charge is -2.21. The predicted octanol–water partition coefficient (Wildman–Crippen LogP) is 3.04. The normalized spacial score (nSPS) is 14.4. The van der Waals surface area contributed by atoms with Gasteiger partial charge in [0.25, 0.3) is 10.1 Å². The number of anilines is 2. The van der Waals surface area contributed by atoms with Gasteiger partial charge >= 0.3 is 6.09 Å². The van der Waals surface area contributed by atoms with Gasteiger partial charge in [-0.1, -0.05) is 41.7 Å². The second-order valence-corrected chi connectivity index (χ2v) is 11.1. The summed E-state index contributed by atoms with van der Waals surface area (Å²) in [7, 11) is 1.15.